The van der Waals surface area contributed by atoms with Crippen molar-refractivity contribution >= 4 is 52.3 Å². The summed E-state index contributed by atoms with van der Waals surface area (Å²) in [4.78, 5) is 33.0. The summed E-state index contributed by atoms with van der Waals surface area (Å²) in [6.45, 7) is 7.32. The second kappa shape index (κ2) is 11.6. The van der Waals surface area contributed by atoms with Gasteiger partial charge < -0.3 is 30.2 Å². The van der Waals surface area contributed by atoms with Gasteiger partial charge in [-0.3, -0.25) is 0 Å². The zero-order valence-corrected chi connectivity index (χ0v) is 21.9. The molecule has 0 spiro atoms. The van der Waals surface area contributed by atoms with Gasteiger partial charge in [0.2, 0.25) is 5.88 Å². The van der Waals surface area contributed by atoms with Gasteiger partial charge in [-0.25, -0.2) is 24.1 Å². The fourth-order valence-corrected chi connectivity index (χ4v) is 3.38. The average molecular weight is 540 g/mol. The summed E-state index contributed by atoms with van der Waals surface area (Å²) in [6.07, 6.45) is 1.84. The van der Waals surface area contributed by atoms with Crippen molar-refractivity contribution in [1.29, 1.82) is 0 Å². The summed E-state index contributed by atoms with van der Waals surface area (Å²) < 4.78 is 17.7. The predicted octanol–water partition coefficient (Wildman–Crippen LogP) is 4.69. The molecule has 194 valence electrons. The number of aromatic nitrogens is 4. The summed E-state index contributed by atoms with van der Waals surface area (Å²) in [6, 6.07) is 2.47. The molecule has 3 N–H and O–H groups in total. The molecule has 0 aliphatic heterocycles. The number of urea groups is 1. The van der Waals surface area contributed by atoms with Crippen LogP contribution in [0.1, 0.15) is 39.5 Å². The molecule has 0 fully saturated rings. The van der Waals surface area contributed by atoms with Gasteiger partial charge in [-0.2, -0.15) is 5.10 Å². The Kier molecular flexibility index (Phi) is 8.77. The van der Waals surface area contributed by atoms with E-state index >= 15 is 0 Å². The third-order valence-corrected chi connectivity index (χ3v) is 4.94. The van der Waals surface area contributed by atoms with Crippen molar-refractivity contribution in [3.63, 3.8) is 0 Å². The number of hydrogen-bond acceptors (Lipinski definition) is 8. The predicted molar refractivity (Wildman–Crippen MR) is 135 cm³/mol. The quantitative estimate of drug-likeness (QED) is 0.350. The number of hydrogen-bond donors (Lipinski definition) is 3. The molecule has 0 radical (unpaired) electrons. The summed E-state index contributed by atoms with van der Waals surface area (Å²) in [5.41, 5.74) is 0.999. The minimum Gasteiger partial charge on any atom is -0.474 e. The third-order valence-electron chi connectivity index (χ3n) is 4.55. The molecule has 14 heteroatoms. The van der Waals surface area contributed by atoms with E-state index in [-0.39, 0.29) is 34.9 Å². The first-order valence-corrected chi connectivity index (χ1v) is 11.6. The van der Waals surface area contributed by atoms with E-state index in [2.05, 4.69) is 31.0 Å². The molecule has 0 saturated carbocycles. The Labute approximate surface area is 217 Å². The molecule has 12 nitrogen and oxygen atoms in total. The zero-order chi connectivity index (χ0) is 26.5. The molecule has 3 amide bonds. The average Bonchev–Trinajstić information content (AvgIpc) is 3.16. The highest BCUT2D eigenvalue weighted by Crippen LogP contribution is 2.28. The maximum Gasteiger partial charge on any atom is 0.407 e. The van der Waals surface area contributed by atoms with Crippen molar-refractivity contribution in [2.24, 2.45) is 0 Å². The zero-order valence-electron chi connectivity index (χ0n) is 20.4. The number of carbonyl (C=O) groups is 2. The fraction of sp³-hybridized carbons (Fsp3) is 0.409. The highest BCUT2D eigenvalue weighted by atomic mass is 35.5. The number of nitrogens with zero attached hydrogens (tertiary/aromatic N) is 4. The molecule has 0 saturated heterocycles. The molecule has 3 aromatic rings. The molecular formula is C22H27Cl2N7O5. The number of amides is 3. The van der Waals surface area contributed by atoms with E-state index in [1.165, 1.54) is 30.1 Å². The van der Waals surface area contributed by atoms with Gasteiger partial charge in [-0.15, -0.1) is 0 Å². The highest BCUT2D eigenvalue weighted by Gasteiger charge is 2.20. The first kappa shape index (κ1) is 27.2. The summed E-state index contributed by atoms with van der Waals surface area (Å²) in [7, 11) is 1.53. The number of fused-ring (bicyclic) bond motifs is 1. The number of anilines is 2. The number of pyridine rings is 1. The normalized spacial score (nSPS) is 12.2. The van der Waals surface area contributed by atoms with Gasteiger partial charge in [0.15, 0.2) is 10.8 Å². The lowest BCUT2D eigenvalue weighted by molar-refractivity contribution is 0.0520. The van der Waals surface area contributed by atoms with Gasteiger partial charge in [0.05, 0.1) is 35.2 Å². The van der Waals surface area contributed by atoms with E-state index in [0.29, 0.717) is 17.0 Å². The van der Waals surface area contributed by atoms with Crippen LogP contribution in [0.3, 0.4) is 0 Å². The molecule has 3 heterocycles. The fourth-order valence-electron chi connectivity index (χ4n) is 3.04. The number of carbonyl (C=O) groups excluding carboxylic acids is 2. The van der Waals surface area contributed by atoms with Crippen molar-refractivity contribution in [1.82, 2.24) is 24.9 Å². The summed E-state index contributed by atoms with van der Waals surface area (Å²) >= 11 is 12.1. The number of alkyl carbamates (subject to hydrolysis) is 1. The first-order chi connectivity index (χ1) is 17.0. The van der Waals surface area contributed by atoms with Crippen LogP contribution in [0.2, 0.25) is 10.2 Å². The summed E-state index contributed by atoms with van der Waals surface area (Å²) in [5.74, 6) is 0.110. The van der Waals surface area contributed by atoms with E-state index in [9.17, 15) is 9.59 Å². The van der Waals surface area contributed by atoms with Crippen LogP contribution in [-0.2, 0) is 9.47 Å². The van der Waals surface area contributed by atoms with Gasteiger partial charge >= 0.3 is 12.1 Å². The molecule has 3 rings (SSSR count). The molecular weight excluding hydrogens is 513 g/mol. The number of methoxy groups -OCH3 is 1. The van der Waals surface area contributed by atoms with E-state index in [1.54, 1.807) is 33.8 Å². The van der Waals surface area contributed by atoms with Crippen LogP contribution in [0.15, 0.2) is 24.5 Å². The van der Waals surface area contributed by atoms with E-state index in [1.807, 2.05) is 0 Å². The van der Waals surface area contributed by atoms with Crippen LogP contribution in [-0.4, -0.2) is 57.6 Å². The Balaban J connectivity index is 1.69. The number of nitrogens with one attached hydrogen (secondary N) is 3. The van der Waals surface area contributed by atoms with Gasteiger partial charge in [0, 0.05) is 19.4 Å². The monoisotopic (exact) mass is 539 g/mol. The molecule has 0 unspecified atom stereocenters. The van der Waals surface area contributed by atoms with Crippen molar-refractivity contribution in [3.05, 3.63) is 40.4 Å². The van der Waals surface area contributed by atoms with E-state index in [4.69, 9.17) is 37.4 Å². The molecule has 0 bridgehead atoms. The van der Waals surface area contributed by atoms with Crippen LogP contribution in [0.5, 0.6) is 5.88 Å². The van der Waals surface area contributed by atoms with Gasteiger partial charge in [-0.05, 0) is 33.8 Å². The Hall–Kier alpha value is -3.35. The van der Waals surface area contributed by atoms with Crippen molar-refractivity contribution in [2.75, 3.05) is 30.9 Å². The van der Waals surface area contributed by atoms with Gasteiger partial charge in [-0.1, -0.05) is 23.2 Å². The van der Waals surface area contributed by atoms with Crippen LogP contribution >= 0.6 is 23.2 Å². The minimum absolute atomic E-state index is 0.0698. The van der Waals surface area contributed by atoms with Crippen LogP contribution in [0, 0.1) is 0 Å². The van der Waals surface area contributed by atoms with Crippen molar-refractivity contribution in [3.8, 4) is 5.88 Å². The first-order valence-electron chi connectivity index (χ1n) is 10.9. The SMILES string of the molecule is CO[C@@H](C)c1c(NC(=O)Nc2cc(Cl)cnc2OCCNC(=O)OC(C)(C)C)cnc2cc(Cl)nn12. The maximum atomic E-state index is 12.9. The van der Waals surface area contributed by atoms with Gasteiger partial charge in [0.1, 0.15) is 17.9 Å². The number of rotatable bonds is 8. The Morgan fingerprint density at radius 3 is 2.53 bits per heavy atom. The molecule has 0 aliphatic carbocycles. The molecule has 0 aromatic carbocycles. The highest BCUT2D eigenvalue weighted by molar-refractivity contribution is 6.31. The second-order valence-electron chi connectivity index (χ2n) is 8.53. The van der Waals surface area contributed by atoms with Crippen LogP contribution in [0.4, 0.5) is 21.0 Å². The second-order valence-corrected chi connectivity index (χ2v) is 9.36. The Morgan fingerprint density at radius 1 is 1.11 bits per heavy atom. The van der Waals surface area contributed by atoms with Crippen LogP contribution < -0.4 is 20.7 Å². The minimum atomic E-state index is -0.613. The number of ether oxygens (including phenoxy) is 3. The lowest BCUT2D eigenvalue weighted by Crippen LogP contribution is -2.34. The van der Waals surface area contributed by atoms with Crippen molar-refractivity contribution in [2.45, 2.75) is 39.4 Å². The molecule has 36 heavy (non-hydrogen) atoms. The summed E-state index contributed by atoms with van der Waals surface area (Å²) in [5, 5.41) is 12.7. The lowest BCUT2D eigenvalue weighted by atomic mass is 10.2. The maximum absolute atomic E-state index is 12.9. The standard InChI is InChI=1S/C22H27Cl2N7O5/c1-12(34-5)18-15(11-26-17-9-16(24)30-31(17)18)29-20(32)28-14-8-13(23)10-27-19(14)35-7-6-25-21(33)36-22(2,3)4/h8-12H,6-7H2,1-5H3,(H,25,33)(H2,28,29,32)/t12-/m0/s1. The molecule has 0 aliphatic rings. The van der Waals surface area contributed by atoms with E-state index < -0.39 is 23.8 Å². The lowest BCUT2D eigenvalue weighted by Gasteiger charge is -2.19. The largest absolute Gasteiger partial charge is 0.474 e. The topological polar surface area (TPSA) is 141 Å². The molecule has 3 aromatic heterocycles. The molecule has 1 atom stereocenters. The van der Waals surface area contributed by atoms with Gasteiger partial charge in [0.25, 0.3) is 0 Å². The Bertz CT molecular complexity index is 1250. The Morgan fingerprint density at radius 2 is 1.83 bits per heavy atom. The van der Waals surface area contributed by atoms with Crippen LogP contribution in [0.25, 0.3) is 5.65 Å². The van der Waals surface area contributed by atoms with E-state index in [0.717, 1.165) is 0 Å². The number of halogens is 2. The third kappa shape index (κ3) is 7.33. The smallest absolute Gasteiger partial charge is 0.407 e. The van der Waals surface area contributed by atoms with Crippen molar-refractivity contribution < 1.29 is 23.8 Å².